The molecule has 230 valence electrons. The SMILES string of the molecule is Cc1cc(C)c(C2=C(O)[C@]3(CC[C@H](OCCNCCOCCNCCOCCOCC(=O)O)CC3)OC2=O)c(C)c1. The minimum absolute atomic E-state index is 0.0706. The Morgan fingerprint density at radius 3 is 2.02 bits per heavy atom. The van der Waals surface area contributed by atoms with Gasteiger partial charge >= 0.3 is 11.9 Å². The number of aryl methyl sites for hydroxylation is 3. The number of benzene rings is 1. The first kappa shape index (κ1) is 33.0. The third kappa shape index (κ3) is 10.1. The molecule has 11 heteroatoms. The highest BCUT2D eigenvalue weighted by atomic mass is 16.6. The monoisotopic (exact) mass is 578 g/mol. The Labute approximate surface area is 242 Å². The molecule has 0 bridgehead atoms. The molecule has 1 aliphatic carbocycles. The molecule has 3 rings (SSSR count). The maximum absolute atomic E-state index is 12.9. The predicted molar refractivity (Wildman–Crippen MR) is 153 cm³/mol. The molecule has 1 aromatic rings. The van der Waals surface area contributed by atoms with Gasteiger partial charge in [-0.25, -0.2) is 9.59 Å². The summed E-state index contributed by atoms with van der Waals surface area (Å²) in [5.74, 6) is -1.35. The summed E-state index contributed by atoms with van der Waals surface area (Å²) in [4.78, 5) is 23.2. The van der Waals surface area contributed by atoms with E-state index < -0.39 is 17.5 Å². The molecule has 1 aromatic carbocycles. The molecule has 41 heavy (non-hydrogen) atoms. The molecule has 1 aliphatic heterocycles. The van der Waals surface area contributed by atoms with Gasteiger partial charge in [0, 0.05) is 26.2 Å². The first-order valence-electron chi connectivity index (χ1n) is 14.5. The van der Waals surface area contributed by atoms with Crippen molar-refractivity contribution in [2.45, 2.75) is 58.2 Å². The van der Waals surface area contributed by atoms with Gasteiger partial charge in [0.25, 0.3) is 0 Å². The van der Waals surface area contributed by atoms with Crippen molar-refractivity contribution in [3.8, 4) is 0 Å². The van der Waals surface area contributed by atoms with Crippen LogP contribution in [0.4, 0.5) is 0 Å². The molecule has 1 saturated carbocycles. The summed E-state index contributed by atoms with van der Waals surface area (Å²) in [7, 11) is 0. The summed E-state index contributed by atoms with van der Waals surface area (Å²) in [6.45, 7) is 11.4. The fraction of sp³-hybridized carbons (Fsp3) is 0.667. The van der Waals surface area contributed by atoms with Crippen LogP contribution >= 0.6 is 0 Å². The number of carbonyl (C=O) groups excluding carboxylic acids is 1. The van der Waals surface area contributed by atoms with Crippen molar-refractivity contribution < 1.29 is 43.5 Å². The van der Waals surface area contributed by atoms with Gasteiger partial charge in [0.05, 0.1) is 45.7 Å². The number of ether oxygens (including phenoxy) is 5. The Hall–Kier alpha value is -2.54. The molecular weight excluding hydrogens is 532 g/mol. The van der Waals surface area contributed by atoms with Gasteiger partial charge in [0.1, 0.15) is 12.2 Å². The van der Waals surface area contributed by atoms with E-state index in [9.17, 15) is 14.7 Å². The summed E-state index contributed by atoms with van der Waals surface area (Å²) in [5.41, 5.74) is 3.20. The van der Waals surface area contributed by atoms with Crippen LogP contribution < -0.4 is 10.6 Å². The summed E-state index contributed by atoms with van der Waals surface area (Å²) in [6, 6.07) is 4.05. The zero-order valence-electron chi connectivity index (χ0n) is 24.6. The average molecular weight is 579 g/mol. The van der Waals surface area contributed by atoms with Crippen LogP contribution in [0, 0.1) is 20.8 Å². The number of nitrogens with one attached hydrogen (secondary N) is 2. The van der Waals surface area contributed by atoms with Crippen molar-refractivity contribution in [2.75, 3.05) is 72.4 Å². The standard InChI is InChI=1S/C30H46N2O9/c1-21-18-22(2)26(23(3)19-21)27-28(35)30(41-29(27)36)6-4-24(5-7-30)40-15-11-32-9-13-37-12-8-31-10-14-38-16-17-39-20-25(33)34/h18-19,24,31-32,35H,4-17,20H2,1-3H3,(H,33,34)/t24-,30+. The number of carboxylic acids is 1. The largest absolute Gasteiger partial charge is 0.507 e. The van der Waals surface area contributed by atoms with Gasteiger partial charge < -0.3 is 44.5 Å². The van der Waals surface area contributed by atoms with Crippen LogP contribution in [0.5, 0.6) is 0 Å². The fourth-order valence-electron chi connectivity index (χ4n) is 5.42. The summed E-state index contributed by atoms with van der Waals surface area (Å²) >= 11 is 0. The summed E-state index contributed by atoms with van der Waals surface area (Å²) in [6.07, 6.45) is 2.60. The minimum atomic E-state index is -0.985. The molecule has 0 aromatic heterocycles. The quantitative estimate of drug-likeness (QED) is 0.142. The maximum atomic E-state index is 12.9. The van der Waals surface area contributed by atoms with E-state index in [-0.39, 0.29) is 25.1 Å². The average Bonchev–Trinajstić information content (AvgIpc) is 3.15. The van der Waals surface area contributed by atoms with Gasteiger partial charge in [-0.2, -0.15) is 0 Å². The Morgan fingerprint density at radius 2 is 1.44 bits per heavy atom. The Morgan fingerprint density at radius 1 is 0.902 bits per heavy atom. The molecule has 0 amide bonds. The molecule has 0 radical (unpaired) electrons. The molecule has 1 fully saturated rings. The third-order valence-corrected chi connectivity index (χ3v) is 7.33. The van der Waals surface area contributed by atoms with Crippen LogP contribution in [0.2, 0.25) is 0 Å². The second-order valence-electron chi connectivity index (χ2n) is 10.6. The van der Waals surface area contributed by atoms with Crippen LogP contribution in [0.3, 0.4) is 0 Å². The number of carbonyl (C=O) groups is 2. The topological polar surface area (TPSA) is 145 Å². The number of hydrogen-bond acceptors (Lipinski definition) is 10. The van der Waals surface area contributed by atoms with Gasteiger partial charge in [-0.3, -0.25) is 0 Å². The maximum Gasteiger partial charge on any atom is 0.343 e. The molecule has 2 aliphatic rings. The molecular formula is C30H46N2O9. The molecule has 0 saturated heterocycles. The molecule has 11 nitrogen and oxygen atoms in total. The number of hydrogen-bond donors (Lipinski definition) is 4. The number of aliphatic carboxylic acids is 1. The second-order valence-corrected chi connectivity index (χ2v) is 10.6. The highest BCUT2D eigenvalue weighted by Crippen LogP contribution is 2.46. The first-order chi connectivity index (χ1) is 19.7. The molecule has 1 spiro atoms. The third-order valence-electron chi connectivity index (χ3n) is 7.33. The highest BCUT2D eigenvalue weighted by Gasteiger charge is 2.51. The number of aliphatic hydroxyl groups excluding tert-OH is 1. The minimum Gasteiger partial charge on any atom is -0.507 e. The Balaban J connectivity index is 1.21. The first-order valence-corrected chi connectivity index (χ1v) is 14.5. The van der Waals surface area contributed by atoms with Gasteiger partial charge in [0.15, 0.2) is 11.4 Å². The second kappa shape index (κ2) is 16.8. The number of carboxylic acid groups (broad SMARTS) is 1. The lowest BCUT2D eigenvalue weighted by Crippen LogP contribution is -2.39. The van der Waals surface area contributed by atoms with Crippen LogP contribution in [-0.4, -0.2) is 106 Å². The van der Waals surface area contributed by atoms with Gasteiger partial charge in [0.2, 0.25) is 0 Å². The molecule has 0 unspecified atom stereocenters. The van der Waals surface area contributed by atoms with E-state index in [1.54, 1.807) is 0 Å². The van der Waals surface area contributed by atoms with Crippen molar-refractivity contribution in [1.29, 1.82) is 0 Å². The van der Waals surface area contributed by atoms with Crippen LogP contribution in [0.15, 0.2) is 17.9 Å². The van der Waals surface area contributed by atoms with Gasteiger partial charge in [-0.1, -0.05) is 17.7 Å². The van der Waals surface area contributed by atoms with Crippen LogP contribution in [0.25, 0.3) is 5.57 Å². The fourth-order valence-corrected chi connectivity index (χ4v) is 5.42. The smallest absolute Gasteiger partial charge is 0.343 e. The number of esters is 1. The number of rotatable bonds is 19. The van der Waals surface area contributed by atoms with E-state index >= 15 is 0 Å². The van der Waals surface area contributed by atoms with Crippen molar-refractivity contribution in [2.24, 2.45) is 0 Å². The molecule has 1 heterocycles. The molecule has 4 N–H and O–H groups in total. The van der Waals surface area contributed by atoms with Gasteiger partial charge in [-0.05, 0) is 63.1 Å². The molecule has 0 atom stereocenters. The van der Waals surface area contributed by atoms with Crippen molar-refractivity contribution in [3.63, 3.8) is 0 Å². The zero-order chi connectivity index (χ0) is 29.7. The van der Waals surface area contributed by atoms with E-state index in [0.29, 0.717) is 64.5 Å². The van der Waals surface area contributed by atoms with E-state index in [4.69, 9.17) is 28.8 Å². The van der Waals surface area contributed by atoms with Crippen molar-refractivity contribution in [3.05, 3.63) is 40.1 Å². The summed E-state index contributed by atoms with van der Waals surface area (Å²) in [5, 5.41) is 26.2. The normalized spacial score (nSPS) is 20.7. The van der Waals surface area contributed by atoms with E-state index in [1.807, 2.05) is 32.9 Å². The van der Waals surface area contributed by atoms with E-state index in [2.05, 4.69) is 10.6 Å². The highest BCUT2D eigenvalue weighted by molar-refractivity contribution is 6.20. The Bertz CT molecular complexity index is 1010. The lowest BCUT2D eigenvalue weighted by atomic mass is 9.80. The summed E-state index contributed by atoms with van der Waals surface area (Å²) < 4.78 is 27.7. The van der Waals surface area contributed by atoms with Crippen LogP contribution in [0.1, 0.15) is 47.9 Å². The number of aliphatic hydroxyl groups is 1. The predicted octanol–water partition coefficient (Wildman–Crippen LogP) is 2.45. The van der Waals surface area contributed by atoms with E-state index in [1.165, 1.54) is 0 Å². The zero-order valence-corrected chi connectivity index (χ0v) is 24.6. The van der Waals surface area contributed by atoms with E-state index in [0.717, 1.165) is 48.2 Å². The lowest BCUT2D eigenvalue weighted by molar-refractivity contribution is -0.152. The van der Waals surface area contributed by atoms with Gasteiger partial charge in [-0.15, -0.1) is 0 Å². The lowest BCUT2D eigenvalue weighted by Gasteiger charge is -2.35. The van der Waals surface area contributed by atoms with Crippen LogP contribution in [-0.2, 0) is 33.3 Å². The van der Waals surface area contributed by atoms with Crippen molar-refractivity contribution in [1.82, 2.24) is 10.6 Å². The Kier molecular flexibility index (Phi) is 13.5. The van der Waals surface area contributed by atoms with Crippen molar-refractivity contribution >= 4 is 17.5 Å².